The van der Waals surface area contributed by atoms with E-state index in [0.717, 1.165) is 36.6 Å². The highest BCUT2D eigenvalue weighted by molar-refractivity contribution is 5.15. The van der Waals surface area contributed by atoms with Crippen molar-refractivity contribution in [2.24, 2.45) is 0 Å². The highest BCUT2D eigenvalue weighted by Gasteiger charge is 2.04. The molecule has 0 aromatic carbocycles. The second-order valence-electron chi connectivity index (χ2n) is 5.34. The topological polar surface area (TPSA) is 52.0 Å². The molecular weight excluding hydrogens is 264 g/mol. The summed E-state index contributed by atoms with van der Waals surface area (Å²) in [6.45, 7) is 8.60. The summed E-state index contributed by atoms with van der Waals surface area (Å²) in [4.78, 5) is 4.59. The minimum Gasteiger partial charge on any atom is -0.484 e. The Morgan fingerprint density at radius 3 is 2.81 bits per heavy atom. The van der Waals surface area contributed by atoms with E-state index in [2.05, 4.69) is 36.2 Å². The van der Waals surface area contributed by atoms with Crippen LogP contribution in [0.2, 0.25) is 0 Å². The molecule has 0 fully saturated rings. The van der Waals surface area contributed by atoms with Crippen molar-refractivity contribution < 1.29 is 4.74 Å². The summed E-state index contributed by atoms with van der Waals surface area (Å²) in [7, 11) is 0. The second kappa shape index (κ2) is 7.78. The lowest BCUT2D eigenvalue weighted by molar-refractivity contribution is 0.300. The first-order valence-electron chi connectivity index (χ1n) is 7.51. The largest absolute Gasteiger partial charge is 0.484 e. The Morgan fingerprint density at radius 2 is 2.10 bits per heavy atom. The van der Waals surface area contributed by atoms with Crippen molar-refractivity contribution in [1.82, 2.24) is 20.1 Å². The van der Waals surface area contributed by atoms with Gasteiger partial charge in [-0.3, -0.25) is 9.67 Å². The fourth-order valence-electron chi connectivity index (χ4n) is 1.94. The molecule has 0 radical (unpaired) electrons. The normalized spacial score (nSPS) is 11.0. The number of nitrogens with zero attached hydrogens (tertiary/aromatic N) is 3. The molecule has 2 aromatic heterocycles. The molecule has 2 heterocycles. The van der Waals surface area contributed by atoms with Crippen LogP contribution in [0.4, 0.5) is 0 Å². The van der Waals surface area contributed by atoms with Crippen LogP contribution in [0, 0.1) is 0 Å². The number of pyridine rings is 1. The van der Waals surface area contributed by atoms with Crippen molar-refractivity contribution >= 4 is 0 Å². The Balaban J connectivity index is 1.88. The summed E-state index contributed by atoms with van der Waals surface area (Å²) >= 11 is 0. The SMILES string of the molecule is CCCNCc1cccc(COc2cnn(C(C)C)c2)n1. The quantitative estimate of drug-likeness (QED) is 0.759. The van der Waals surface area contributed by atoms with Crippen LogP contribution in [0.25, 0.3) is 0 Å². The average molecular weight is 288 g/mol. The molecule has 0 aliphatic carbocycles. The standard InChI is InChI=1S/C16H24N4O/c1-4-8-17-9-14-6-5-7-15(19-14)12-21-16-10-18-20(11-16)13(2)3/h5-7,10-11,13,17H,4,8-9,12H2,1-3H3. The van der Waals surface area contributed by atoms with Crippen molar-refractivity contribution in [2.45, 2.75) is 46.4 Å². The van der Waals surface area contributed by atoms with Gasteiger partial charge in [-0.05, 0) is 38.9 Å². The predicted octanol–water partition coefficient (Wildman–Crippen LogP) is 2.94. The maximum Gasteiger partial charge on any atom is 0.157 e. The van der Waals surface area contributed by atoms with Crippen LogP contribution in [0.5, 0.6) is 5.75 Å². The molecule has 0 unspecified atom stereocenters. The van der Waals surface area contributed by atoms with Gasteiger partial charge in [0.2, 0.25) is 0 Å². The third kappa shape index (κ3) is 4.86. The number of hydrogen-bond donors (Lipinski definition) is 1. The van der Waals surface area contributed by atoms with Gasteiger partial charge in [0.25, 0.3) is 0 Å². The molecule has 0 aliphatic heterocycles. The van der Waals surface area contributed by atoms with Gasteiger partial charge in [-0.25, -0.2) is 0 Å². The first-order chi connectivity index (χ1) is 10.2. The molecule has 5 heteroatoms. The molecule has 0 aliphatic rings. The van der Waals surface area contributed by atoms with E-state index in [1.54, 1.807) is 6.20 Å². The molecule has 2 rings (SSSR count). The fourth-order valence-corrected chi connectivity index (χ4v) is 1.94. The summed E-state index contributed by atoms with van der Waals surface area (Å²) in [5, 5.41) is 7.61. The monoisotopic (exact) mass is 288 g/mol. The molecule has 114 valence electrons. The summed E-state index contributed by atoms with van der Waals surface area (Å²) in [5.74, 6) is 0.778. The van der Waals surface area contributed by atoms with E-state index in [9.17, 15) is 0 Å². The molecule has 0 spiro atoms. The lowest BCUT2D eigenvalue weighted by Gasteiger charge is -2.07. The fraction of sp³-hybridized carbons (Fsp3) is 0.500. The number of hydrogen-bond acceptors (Lipinski definition) is 4. The summed E-state index contributed by atoms with van der Waals surface area (Å²) in [6.07, 6.45) is 4.78. The van der Waals surface area contributed by atoms with Gasteiger partial charge in [-0.15, -0.1) is 0 Å². The van der Waals surface area contributed by atoms with E-state index in [0.29, 0.717) is 12.6 Å². The number of nitrogens with one attached hydrogen (secondary N) is 1. The van der Waals surface area contributed by atoms with E-state index in [-0.39, 0.29) is 0 Å². The number of aromatic nitrogens is 3. The van der Waals surface area contributed by atoms with Crippen LogP contribution in [0.15, 0.2) is 30.6 Å². The van der Waals surface area contributed by atoms with Crippen LogP contribution in [-0.4, -0.2) is 21.3 Å². The van der Waals surface area contributed by atoms with Crippen molar-refractivity contribution in [3.8, 4) is 5.75 Å². The van der Waals surface area contributed by atoms with Crippen LogP contribution in [0.3, 0.4) is 0 Å². The molecule has 0 bridgehead atoms. The van der Waals surface area contributed by atoms with Crippen LogP contribution >= 0.6 is 0 Å². The zero-order chi connectivity index (χ0) is 15.1. The van der Waals surface area contributed by atoms with E-state index in [1.165, 1.54) is 0 Å². The Bertz CT molecular complexity index is 551. The van der Waals surface area contributed by atoms with E-state index in [1.807, 2.05) is 29.1 Å². The highest BCUT2D eigenvalue weighted by atomic mass is 16.5. The first-order valence-corrected chi connectivity index (χ1v) is 7.51. The lowest BCUT2D eigenvalue weighted by Crippen LogP contribution is -2.15. The molecule has 0 saturated heterocycles. The third-order valence-electron chi connectivity index (χ3n) is 3.09. The zero-order valence-electron chi connectivity index (χ0n) is 13.0. The third-order valence-corrected chi connectivity index (χ3v) is 3.09. The van der Waals surface area contributed by atoms with Gasteiger partial charge in [0, 0.05) is 12.6 Å². The maximum absolute atomic E-state index is 5.74. The number of rotatable bonds is 8. The first kappa shape index (κ1) is 15.5. The van der Waals surface area contributed by atoms with Gasteiger partial charge in [0.1, 0.15) is 6.61 Å². The zero-order valence-corrected chi connectivity index (χ0v) is 13.0. The van der Waals surface area contributed by atoms with Gasteiger partial charge in [0.05, 0.1) is 23.8 Å². The Morgan fingerprint density at radius 1 is 1.29 bits per heavy atom. The van der Waals surface area contributed by atoms with Crippen LogP contribution in [0.1, 0.15) is 44.6 Å². The van der Waals surface area contributed by atoms with Gasteiger partial charge in [-0.1, -0.05) is 13.0 Å². The molecule has 5 nitrogen and oxygen atoms in total. The molecule has 0 saturated carbocycles. The molecule has 1 N–H and O–H groups in total. The number of ether oxygens (including phenoxy) is 1. The van der Waals surface area contributed by atoms with E-state index in [4.69, 9.17) is 4.74 Å². The Hall–Kier alpha value is -1.88. The minimum absolute atomic E-state index is 0.341. The highest BCUT2D eigenvalue weighted by Crippen LogP contribution is 2.14. The summed E-state index contributed by atoms with van der Waals surface area (Å²) in [6, 6.07) is 6.37. The van der Waals surface area contributed by atoms with Crippen molar-refractivity contribution in [2.75, 3.05) is 6.54 Å². The maximum atomic E-state index is 5.74. The molecular formula is C16H24N4O. The molecule has 0 amide bonds. The summed E-state index contributed by atoms with van der Waals surface area (Å²) < 4.78 is 7.62. The molecule has 0 atom stereocenters. The van der Waals surface area contributed by atoms with Gasteiger partial charge in [-0.2, -0.15) is 5.10 Å². The minimum atomic E-state index is 0.341. The smallest absolute Gasteiger partial charge is 0.157 e. The van der Waals surface area contributed by atoms with Gasteiger partial charge >= 0.3 is 0 Å². The van der Waals surface area contributed by atoms with Gasteiger partial charge in [0.15, 0.2) is 5.75 Å². The average Bonchev–Trinajstić information content (AvgIpc) is 2.95. The van der Waals surface area contributed by atoms with Crippen LogP contribution in [-0.2, 0) is 13.2 Å². The second-order valence-corrected chi connectivity index (χ2v) is 5.34. The van der Waals surface area contributed by atoms with E-state index < -0.39 is 0 Å². The molecule has 2 aromatic rings. The van der Waals surface area contributed by atoms with Gasteiger partial charge < -0.3 is 10.1 Å². The van der Waals surface area contributed by atoms with Crippen LogP contribution < -0.4 is 10.1 Å². The van der Waals surface area contributed by atoms with Crippen molar-refractivity contribution in [3.63, 3.8) is 0 Å². The molecule has 21 heavy (non-hydrogen) atoms. The van der Waals surface area contributed by atoms with E-state index >= 15 is 0 Å². The van der Waals surface area contributed by atoms with Crippen molar-refractivity contribution in [3.05, 3.63) is 42.0 Å². The lowest BCUT2D eigenvalue weighted by atomic mass is 10.3. The Labute approximate surface area is 126 Å². The van der Waals surface area contributed by atoms with Crippen molar-refractivity contribution in [1.29, 1.82) is 0 Å². The Kier molecular flexibility index (Phi) is 5.75. The summed E-state index contributed by atoms with van der Waals surface area (Å²) in [5.41, 5.74) is 1.98. The predicted molar refractivity (Wildman–Crippen MR) is 83.2 cm³/mol.